The van der Waals surface area contributed by atoms with Gasteiger partial charge in [0, 0.05) is 24.2 Å². The first kappa shape index (κ1) is 21.4. The molecule has 2 amide bonds. The Labute approximate surface area is 187 Å². The third-order valence-corrected chi connectivity index (χ3v) is 6.28. The molecule has 8 nitrogen and oxygen atoms in total. The van der Waals surface area contributed by atoms with Crippen molar-refractivity contribution in [2.75, 3.05) is 31.2 Å². The first-order valence-corrected chi connectivity index (χ1v) is 10.7. The van der Waals surface area contributed by atoms with E-state index in [9.17, 15) is 19.7 Å². The number of halogens is 1. The number of anilines is 1. The first-order chi connectivity index (χ1) is 14.9. The number of amides is 2. The van der Waals surface area contributed by atoms with E-state index < -0.39 is 16.1 Å². The Bertz CT molecular complexity index is 1080. The van der Waals surface area contributed by atoms with E-state index in [2.05, 4.69) is 0 Å². The Kier molecular flexibility index (Phi) is 6.26. The van der Waals surface area contributed by atoms with E-state index in [1.807, 2.05) is 4.90 Å². The molecule has 0 spiro atoms. The molecule has 0 unspecified atom stereocenters. The molecule has 0 aromatic heterocycles. The summed E-state index contributed by atoms with van der Waals surface area (Å²) in [5, 5.41) is 11.7. The van der Waals surface area contributed by atoms with Gasteiger partial charge in [0.15, 0.2) is 0 Å². The van der Waals surface area contributed by atoms with Crippen LogP contribution in [0.15, 0.2) is 47.4 Å². The predicted molar refractivity (Wildman–Crippen MR) is 119 cm³/mol. The summed E-state index contributed by atoms with van der Waals surface area (Å²) in [6.45, 7) is 2.23. The summed E-state index contributed by atoms with van der Waals surface area (Å²) in [7, 11) is 0. The van der Waals surface area contributed by atoms with Crippen LogP contribution in [0.2, 0.25) is 5.02 Å². The SMILES string of the molecule is O=C1SC(=Cc2ccc(N3CCOCC3)c([N+](=O)[O-])c2)C(=O)N1Cc1ccccc1Cl. The third-order valence-electron chi connectivity index (χ3n) is 5.01. The lowest BCUT2D eigenvalue weighted by molar-refractivity contribution is -0.384. The number of rotatable bonds is 5. The Hall–Kier alpha value is -2.88. The zero-order chi connectivity index (χ0) is 22.0. The second-order valence-corrected chi connectivity index (χ2v) is 8.36. The molecule has 2 aliphatic rings. The number of carbonyl (C=O) groups is 2. The van der Waals surface area contributed by atoms with Gasteiger partial charge < -0.3 is 9.64 Å². The van der Waals surface area contributed by atoms with Crippen LogP contribution in [0, 0.1) is 10.1 Å². The number of thioether (sulfide) groups is 1. The van der Waals surface area contributed by atoms with Gasteiger partial charge in [-0.3, -0.25) is 24.6 Å². The average molecular weight is 460 g/mol. The fourth-order valence-electron chi connectivity index (χ4n) is 3.43. The molecule has 0 N–H and O–H groups in total. The summed E-state index contributed by atoms with van der Waals surface area (Å²) >= 11 is 6.95. The smallest absolute Gasteiger partial charge is 0.293 e. The number of ether oxygens (including phenoxy) is 1. The number of benzene rings is 2. The fourth-order valence-corrected chi connectivity index (χ4v) is 4.47. The standard InChI is InChI=1S/C21H18ClN3O5S/c22-16-4-2-1-3-15(16)13-24-20(26)19(31-21(24)27)12-14-5-6-17(18(11-14)25(28)29)23-7-9-30-10-8-23/h1-6,11-12H,7-10,13H2. The van der Waals surface area contributed by atoms with Crippen molar-refractivity contribution in [3.8, 4) is 0 Å². The number of hydrogen-bond donors (Lipinski definition) is 0. The van der Waals surface area contributed by atoms with Crippen molar-refractivity contribution in [1.29, 1.82) is 0 Å². The van der Waals surface area contributed by atoms with Crippen molar-refractivity contribution < 1.29 is 19.2 Å². The van der Waals surface area contributed by atoms with E-state index in [0.717, 1.165) is 16.7 Å². The molecule has 2 aromatic carbocycles. The Morgan fingerprint density at radius 1 is 1.16 bits per heavy atom. The number of nitrogens with zero attached hydrogens (tertiary/aromatic N) is 3. The minimum absolute atomic E-state index is 0.0501. The quantitative estimate of drug-likeness (QED) is 0.373. The van der Waals surface area contributed by atoms with Crippen LogP contribution < -0.4 is 4.90 Å². The number of morpholine rings is 1. The molecule has 4 rings (SSSR count). The van der Waals surface area contributed by atoms with Crippen LogP contribution >= 0.6 is 23.4 Å². The molecule has 2 fully saturated rings. The van der Waals surface area contributed by atoms with Gasteiger partial charge in [-0.15, -0.1) is 0 Å². The van der Waals surface area contributed by atoms with Gasteiger partial charge in [0.1, 0.15) is 5.69 Å². The van der Waals surface area contributed by atoms with Gasteiger partial charge in [0.25, 0.3) is 16.8 Å². The lowest BCUT2D eigenvalue weighted by Crippen LogP contribution is -2.36. The minimum atomic E-state index is -0.449. The van der Waals surface area contributed by atoms with Gasteiger partial charge in [-0.1, -0.05) is 35.9 Å². The van der Waals surface area contributed by atoms with Crippen LogP contribution in [0.1, 0.15) is 11.1 Å². The van der Waals surface area contributed by atoms with Gasteiger partial charge in [-0.05, 0) is 41.1 Å². The van der Waals surface area contributed by atoms with Crippen molar-refractivity contribution >= 4 is 52.0 Å². The zero-order valence-corrected chi connectivity index (χ0v) is 17.9. The van der Waals surface area contributed by atoms with Crippen molar-refractivity contribution in [1.82, 2.24) is 4.90 Å². The van der Waals surface area contributed by atoms with E-state index in [1.54, 1.807) is 36.4 Å². The molecule has 2 aromatic rings. The summed E-state index contributed by atoms with van der Waals surface area (Å²) in [5.74, 6) is -0.449. The number of hydrogen-bond acceptors (Lipinski definition) is 7. The summed E-state index contributed by atoms with van der Waals surface area (Å²) in [4.78, 5) is 39.6. The number of carbonyl (C=O) groups excluding carboxylic acids is 2. The summed E-state index contributed by atoms with van der Waals surface area (Å²) < 4.78 is 5.31. The van der Waals surface area contributed by atoms with Crippen molar-refractivity contribution in [3.63, 3.8) is 0 Å². The Morgan fingerprint density at radius 3 is 2.61 bits per heavy atom. The number of imide groups is 1. The number of nitro benzene ring substituents is 1. The molecular formula is C21H18ClN3O5S. The van der Waals surface area contributed by atoms with Gasteiger partial charge in [0.2, 0.25) is 0 Å². The van der Waals surface area contributed by atoms with E-state index in [4.69, 9.17) is 16.3 Å². The second-order valence-electron chi connectivity index (χ2n) is 6.96. The lowest BCUT2D eigenvalue weighted by atomic mass is 10.1. The molecule has 2 saturated heterocycles. The van der Waals surface area contributed by atoms with Gasteiger partial charge in [-0.25, -0.2) is 0 Å². The van der Waals surface area contributed by atoms with E-state index in [-0.39, 0.29) is 17.1 Å². The highest BCUT2D eigenvalue weighted by Crippen LogP contribution is 2.36. The molecule has 160 valence electrons. The molecule has 2 heterocycles. The Balaban J connectivity index is 1.58. The van der Waals surface area contributed by atoms with Crippen LogP contribution in [0.4, 0.5) is 16.2 Å². The van der Waals surface area contributed by atoms with Gasteiger partial charge >= 0.3 is 0 Å². The largest absolute Gasteiger partial charge is 0.378 e. The van der Waals surface area contributed by atoms with Crippen LogP contribution in [0.5, 0.6) is 0 Å². The van der Waals surface area contributed by atoms with Crippen LogP contribution in [0.25, 0.3) is 6.08 Å². The minimum Gasteiger partial charge on any atom is -0.378 e. The van der Waals surface area contributed by atoms with Gasteiger partial charge in [-0.2, -0.15) is 0 Å². The van der Waals surface area contributed by atoms with E-state index in [0.29, 0.717) is 48.1 Å². The third kappa shape index (κ3) is 4.58. The van der Waals surface area contributed by atoms with Crippen molar-refractivity contribution in [2.24, 2.45) is 0 Å². The summed E-state index contributed by atoms with van der Waals surface area (Å²) in [6, 6.07) is 11.8. The maximum Gasteiger partial charge on any atom is 0.293 e. The fraction of sp³-hybridized carbons (Fsp3) is 0.238. The van der Waals surface area contributed by atoms with Crippen LogP contribution in [-0.4, -0.2) is 47.3 Å². The highest BCUT2D eigenvalue weighted by molar-refractivity contribution is 8.18. The first-order valence-electron chi connectivity index (χ1n) is 9.54. The van der Waals surface area contributed by atoms with Crippen molar-refractivity contribution in [3.05, 3.63) is 73.6 Å². The number of nitro groups is 1. The molecule has 31 heavy (non-hydrogen) atoms. The highest BCUT2D eigenvalue weighted by Gasteiger charge is 2.35. The topological polar surface area (TPSA) is 93.0 Å². The maximum absolute atomic E-state index is 12.8. The molecule has 0 bridgehead atoms. The lowest BCUT2D eigenvalue weighted by Gasteiger charge is -2.28. The molecule has 0 aliphatic carbocycles. The van der Waals surface area contributed by atoms with Crippen LogP contribution in [0.3, 0.4) is 0 Å². The summed E-state index contributed by atoms with van der Waals surface area (Å²) in [6.07, 6.45) is 1.51. The van der Waals surface area contributed by atoms with Crippen LogP contribution in [-0.2, 0) is 16.1 Å². The second kappa shape index (κ2) is 9.09. The van der Waals surface area contributed by atoms with E-state index in [1.165, 1.54) is 12.1 Å². The highest BCUT2D eigenvalue weighted by atomic mass is 35.5. The predicted octanol–water partition coefficient (Wildman–Crippen LogP) is 4.32. The monoisotopic (exact) mass is 459 g/mol. The zero-order valence-electron chi connectivity index (χ0n) is 16.3. The molecule has 0 radical (unpaired) electrons. The molecule has 2 aliphatic heterocycles. The molecule has 0 saturated carbocycles. The van der Waals surface area contributed by atoms with Gasteiger partial charge in [0.05, 0.1) is 29.6 Å². The maximum atomic E-state index is 12.8. The van der Waals surface area contributed by atoms with Crippen molar-refractivity contribution in [2.45, 2.75) is 6.54 Å². The molecule has 10 heteroatoms. The molecular weight excluding hydrogens is 442 g/mol. The normalized spacial score (nSPS) is 18.2. The molecule has 0 atom stereocenters. The van der Waals surface area contributed by atoms with E-state index >= 15 is 0 Å². The average Bonchev–Trinajstić information content (AvgIpc) is 3.03. The summed E-state index contributed by atoms with van der Waals surface area (Å²) in [5.41, 5.74) is 1.60. The Morgan fingerprint density at radius 2 is 1.90 bits per heavy atom.